The fourth-order valence-corrected chi connectivity index (χ4v) is 2.98. The first-order valence-electron chi connectivity index (χ1n) is 7.77. The van der Waals surface area contributed by atoms with E-state index in [1.807, 2.05) is 18.2 Å². The van der Waals surface area contributed by atoms with Gasteiger partial charge < -0.3 is 4.74 Å². The third-order valence-corrected chi connectivity index (χ3v) is 4.37. The highest BCUT2D eigenvalue weighted by Crippen LogP contribution is 2.24. The van der Waals surface area contributed by atoms with E-state index in [1.165, 1.54) is 11.1 Å². The molecule has 0 unspecified atom stereocenters. The average Bonchev–Trinajstić information content (AvgIpc) is 2.59. The molecule has 0 radical (unpaired) electrons. The Hall–Kier alpha value is -2.40. The third-order valence-electron chi connectivity index (χ3n) is 4.37. The molecule has 0 spiro atoms. The molecule has 0 bridgehead atoms. The number of nitrogens with zero attached hydrogens (tertiary/aromatic N) is 2. The van der Waals surface area contributed by atoms with E-state index in [9.17, 15) is 10.1 Å². The van der Waals surface area contributed by atoms with Gasteiger partial charge in [0.25, 0.3) is 5.69 Å². The van der Waals surface area contributed by atoms with E-state index >= 15 is 0 Å². The number of hydrogen-bond donors (Lipinski definition) is 0. The van der Waals surface area contributed by atoms with Gasteiger partial charge in [0.1, 0.15) is 5.75 Å². The van der Waals surface area contributed by atoms with Crippen LogP contribution in [-0.4, -0.2) is 30.0 Å². The first-order valence-corrected chi connectivity index (χ1v) is 7.77. The van der Waals surface area contributed by atoms with Gasteiger partial charge in [0, 0.05) is 31.8 Å². The van der Waals surface area contributed by atoms with Crippen molar-refractivity contribution in [2.75, 3.05) is 20.2 Å². The van der Waals surface area contributed by atoms with Crippen LogP contribution in [-0.2, 0) is 19.4 Å². The third kappa shape index (κ3) is 3.68. The lowest BCUT2D eigenvalue weighted by atomic mass is 9.99. The van der Waals surface area contributed by atoms with Gasteiger partial charge in [-0.05, 0) is 41.7 Å². The normalized spacial score (nSPS) is 14.3. The average molecular weight is 312 g/mol. The SMILES string of the molecule is COc1ccc2c(c1)CCN(CCc1ccc([N+](=O)[O-])cc1)C2. The van der Waals surface area contributed by atoms with Crippen molar-refractivity contribution < 1.29 is 9.66 Å². The first-order chi connectivity index (χ1) is 11.2. The Morgan fingerprint density at radius 2 is 1.96 bits per heavy atom. The van der Waals surface area contributed by atoms with Gasteiger partial charge in [-0.2, -0.15) is 0 Å². The van der Waals surface area contributed by atoms with Crippen molar-refractivity contribution in [1.29, 1.82) is 0 Å². The number of rotatable bonds is 5. The highest BCUT2D eigenvalue weighted by atomic mass is 16.6. The van der Waals surface area contributed by atoms with Crippen molar-refractivity contribution in [3.63, 3.8) is 0 Å². The van der Waals surface area contributed by atoms with Crippen molar-refractivity contribution in [2.24, 2.45) is 0 Å². The fourth-order valence-electron chi connectivity index (χ4n) is 2.98. The summed E-state index contributed by atoms with van der Waals surface area (Å²) in [5.74, 6) is 0.920. The summed E-state index contributed by atoms with van der Waals surface area (Å²) in [5, 5.41) is 10.7. The van der Waals surface area contributed by atoms with E-state index in [4.69, 9.17) is 4.74 Å². The van der Waals surface area contributed by atoms with E-state index in [0.29, 0.717) is 0 Å². The molecular weight excluding hydrogens is 292 g/mol. The van der Waals surface area contributed by atoms with Gasteiger partial charge in [0.2, 0.25) is 0 Å². The molecule has 1 heterocycles. The zero-order chi connectivity index (χ0) is 16.2. The molecule has 23 heavy (non-hydrogen) atoms. The van der Waals surface area contributed by atoms with Crippen LogP contribution in [0.3, 0.4) is 0 Å². The highest BCUT2D eigenvalue weighted by molar-refractivity contribution is 5.37. The Labute approximate surface area is 135 Å². The number of nitro benzene ring substituents is 1. The van der Waals surface area contributed by atoms with Crippen molar-refractivity contribution >= 4 is 5.69 Å². The maximum absolute atomic E-state index is 10.7. The molecule has 2 aromatic rings. The van der Waals surface area contributed by atoms with Crippen molar-refractivity contribution in [3.8, 4) is 5.75 Å². The van der Waals surface area contributed by atoms with E-state index in [1.54, 1.807) is 19.2 Å². The van der Waals surface area contributed by atoms with Crippen LogP contribution in [0.5, 0.6) is 5.75 Å². The molecule has 0 saturated heterocycles. The first kappa shape index (κ1) is 15.5. The van der Waals surface area contributed by atoms with Crippen molar-refractivity contribution in [1.82, 2.24) is 4.90 Å². The summed E-state index contributed by atoms with van der Waals surface area (Å²) in [5.41, 5.74) is 4.02. The minimum atomic E-state index is -0.361. The number of nitro groups is 1. The number of benzene rings is 2. The summed E-state index contributed by atoms with van der Waals surface area (Å²) in [6.07, 6.45) is 1.94. The van der Waals surface area contributed by atoms with Crippen LogP contribution in [0.15, 0.2) is 42.5 Å². The van der Waals surface area contributed by atoms with Crippen LogP contribution in [0.25, 0.3) is 0 Å². The van der Waals surface area contributed by atoms with Gasteiger partial charge >= 0.3 is 0 Å². The lowest BCUT2D eigenvalue weighted by Crippen LogP contribution is -2.32. The van der Waals surface area contributed by atoms with E-state index in [0.717, 1.165) is 43.8 Å². The van der Waals surface area contributed by atoms with Crippen molar-refractivity contribution in [3.05, 3.63) is 69.3 Å². The summed E-state index contributed by atoms with van der Waals surface area (Å²) in [6, 6.07) is 13.1. The standard InChI is InChI=1S/C18H20N2O3/c1-23-18-7-4-16-13-19(11-9-15(16)12-18)10-8-14-2-5-17(6-3-14)20(21)22/h2-7,12H,8-11,13H2,1H3. The molecule has 0 fully saturated rings. The van der Waals surface area contributed by atoms with Crippen LogP contribution in [0.1, 0.15) is 16.7 Å². The highest BCUT2D eigenvalue weighted by Gasteiger charge is 2.16. The number of methoxy groups -OCH3 is 1. The molecule has 1 aliphatic rings. The monoisotopic (exact) mass is 312 g/mol. The van der Waals surface area contributed by atoms with Gasteiger partial charge in [-0.3, -0.25) is 15.0 Å². The second-order valence-electron chi connectivity index (χ2n) is 5.83. The Morgan fingerprint density at radius 1 is 1.17 bits per heavy atom. The van der Waals surface area contributed by atoms with Crippen LogP contribution in [0, 0.1) is 10.1 Å². The molecule has 0 N–H and O–H groups in total. The largest absolute Gasteiger partial charge is 0.497 e. The number of ether oxygens (including phenoxy) is 1. The minimum Gasteiger partial charge on any atom is -0.497 e. The fraction of sp³-hybridized carbons (Fsp3) is 0.333. The lowest BCUT2D eigenvalue weighted by molar-refractivity contribution is -0.384. The Morgan fingerprint density at radius 3 is 2.65 bits per heavy atom. The molecule has 3 rings (SSSR count). The molecule has 0 aromatic heterocycles. The van der Waals surface area contributed by atoms with Gasteiger partial charge in [-0.25, -0.2) is 0 Å². The topological polar surface area (TPSA) is 55.6 Å². The minimum absolute atomic E-state index is 0.148. The summed E-state index contributed by atoms with van der Waals surface area (Å²) < 4.78 is 5.28. The predicted molar refractivity (Wildman–Crippen MR) is 88.8 cm³/mol. The quantitative estimate of drug-likeness (QED) is 0.628. The number of hydrogen-bond acceptors (Lipinski definition) is 4. The zero-order valence-corrected chi connectivity index (χ0v) is 13.2. The molecule has 5 heteroatoms. The van der Waals surface area contributed by atoms with Gasteiger partial charge in [-0.15, -0.1) is 0 Å². The second-order valence-corrected chi connectivity index (χ2v) is 5.83. The molecule has 0 saturated carbocycles. The molecule has 0 amide bonds. The molecule has 0 atom stereocenters. The molecule has 0 aliphatic carbocycles. The van der Waals surface area contributed by atoms with Gasteiger partial charge in [0.15, 0.2) is 0 Å². The lowest BCUT2D eigenvalue weighted by Gasteiger charge is -2.29. The summed E-state index contributed by atoms with van der Waals surface area (Å²) >= 11 is 0. The summed E-state index contributed by atoms with van der Waals surface area (Å²) in [6.45, 7) is 2.95. The number of fused-ring (bicyclic) bond motifs is 1. The van der Waals surface area contributed by atoms with Crippen LogP contribution in [0.4, 0.5) is 5.69 Å². The smallest absolute Gasteiger partial charge is 0.269 e. The maximum atomic E-state index is 10.7. The van der Waals surface area contributed by atoms with E-state index < -0.39 is 0 Å². The Kier molecular flexibility index (Phi) is 4.57. The van der Waals surface area contributed by atoms with Crippen LogP contribution < -0.4 is 4.74 Å². The Balaban J connectivity index is 1.58. The molecule has 120 valence electrons. The second kappa shape index (κ2) is 6.79. The Bertz CT molecular complexity index is 698. The van der Waals surface area contributed by atoms with Crippen molar-refractivity contribution in [2.45, 2.75) is 19.4 Å². The maximum Gasteiger partial charge on any atom is 0.269 e. The van der Waals surface area contributed by atoms with E-state index in [-0.39, 0.29) is 10.6 Å². The number of non-ortho nitro benzene ring substituents is 1. The van der Waals surface area contributed by atoms with Gasteiger partial charge in [0.05, 0.1) is 12.0 Å². The summed E-state index contributed by atoms with van der Waals surface area (Å²) in [4.78, 5) is 12.7. The molecule has 5 nitrogen and oxygen atoms in total. The predicted octanol–water partition coefficient (Wildman–Crippen LogP) is 3.20. The van der Waals surface area contributed by atoms with Crippen LogP contribution in [0.2, 0.25) is 0 Å². The molecule has 2 aromatic carbocycles. The molecule has 1 aliphatic heterocycles. The molecular formula is C18H20N2O3. The summed E-state index contributed by atoms with van der Waals surface area (Å²) in [7, 11) is 1.70. The van der Waals surface area contributed by atoms with Crippen LogP contribution >= 0.6 is 0 Å². The van der Waals surface area contributed by atoms with Gasteiger partial charge in [-0.1, -0.05) is 18.2 Å². The zero-order valence-electron chi connectivity index (χ0n) is 13.2. The van der Waals surface area contributed by atoms with E-state index in [2.05, 4.69) is 17.0 Å².